The molecule has 1 rings (SSSR count). The van der Waals surface area contributed by atoms with Crippen molar-refractivity contribution in [2.45, 2.75) is 201 Å². The van der Waals surface area contributed by atoms with E-state index in [1.807, 2.05) is 0 Å². The molecule has 402 valence electrons. The van der Waals surface area contributed by atoms with E-state index in [0.717, 1.165) is 18.5 Å². The number of Topliss-reactive ketones (excluding diaryl/α,β-unsaturated/α-hetero) is 5. The molecule has 5 N–H and O–H groups in total. The summed E-state index contributed by atoms with van der Waals surface area (Å²) in [6.07, 6.45) is 26.5. The summed E-state index contributed by atoms with van der Waals surface area (Å²) < 4.78 is 21.8. The molecule has 0 saturated heterocycles. The number of ketones is 5. The number of H-pyrrole nitrogens is 1. The van der Waals surface area contributed by atoms with Crippen molar-refractivity contribution in [1.82, 2.24) is 20.6 Å². The lowest BCUT2D eigenvalue weighted by atomic mass is 9.71. The monoisotopic (exact) mass is 990 g/mol. The molecule has 0 aliphatic carbocycles. The molecular weight excluding hydrogens is 895 g/mol. The van der Waals surface area contributed by atoms with Crippen LogP contribution in [0.2, 0.25) is 0 Å². The minimum Gasteiger partial charge on any atom is -0.379 e. The summed E-state index contributed by atoms with van der Waals surface area (Å²) in [4.78, 5) is 95.1. The third-order valence-corrected chi connectivity index (χ3v) is 12.7. The summed E-state index contributed by atoms with van der Waals surface area (Å²) in [6, 6.07) is -0.806. The van der Waals surface area contributed by atoms with Crippen molar-refractivity contribution < 1.29 is 52.5 Å². The van der Waals surface area contributed by atoms with E-state index in [1.165, 1.54) is 96.7 Å². The SMILES string of the molecule is CCCCCCCCCCCCCCCCCC(=O)CCCOCCOCC(=O)NCCOCCOCC(=O)NCCCC[C@@H](C(=O)CCC(C)=O)C(C)C(=O)C(C)(C)CC(=O)[C@@H](N)Cc1cnc[nH]1. The lowest BCUT2D eigenvalue weighted by Crippen LogP contribution is -2.41. The Morgan fingerprint density at radius 3 is 1.71 bits per heavy atom. The fourth-order valence-electron chi connectivity index (χ4n) is 8.42. The Labute approximate surface area is 420 Å². The van der Waals surface area contributed by atoms with Crippen LogP contribution in [0.3, 0.4) is 0 Å². The van der Waals surface area contributed by atoms with Gasteiger partial charge in [-0.15, -0.1) is 0 Å². The number of nitrogens with one attached hydrogen (secondary N) is 3. The van der Waals surface area contributed by atoms with Gasteiger partial charge in [-0.2, -0.15) is 0 Å². The van der Waals surface area contributed by atoms with Crippen LogP contribution < -0.4 is 16.4 Å². The molecule has 1 unspecified atom stereocenters. The van der Waals surface area contributed by atoms with Crippen LogP contribution in [0.1, 0.15) is 194 Å². The van der Waals surface area contributed by atoms with E-state index in [4.69, 9.17) is 24.7 Å². The zero-order valence-electron chi connectivity index (χ0n) is 44.2. The van der Waals surface area contributed by atoms with Crippen molar-refractivity contribution in [3.8, 4) is 0 Å². The zero-order valence-corrected chi connectivity index (χ0v) is 44.2. The van der Waals surface area contributed by atoms with Gasteiger partial charge in [0.1, 0.15) is 36.3 Å². The summed E-state index contributed by atoms with van der Waals surface area (Å²) in [5.41, 5.74) is 5.80. The first-order valence-electron chi connectivity index (χ1n) is 26.9. The number of hydrogen-bond acceptors (Lipinski definition) is 13. The van der Waals surface area contributed by atoms with Gasteiger partial charge in [-0.1, -0.05) is 124 Å². The molecular formula is C54H95N5O11. The highest BCUT2D eigenvalue weighted by Gasteiger charge is 2.39. The maximum Gasteiger partial charge on any atom is 0.246 e. The Kier molecular flexibility index (Phi) is 38.5. The fourth-order valence-corrected chi connectivity index (χ4v) is 8.42. The second-order valence-corrected chi connectivity index (χ2v) is 19.7. The zero-order chi connectivity index (χ0) is 51.7. The lowest BCUT2D eigenvalue weighted by Gasteiger charge is -2.31. The number of imidazole rings is 1. The molecule has 0 aliphatic rings. The van der Waals surface area contributed by atoms with Crippen molar-refractivity contribution in [3.05, 3.63) is 18.2 Å². The van der Waals surface area contributed by atoms with E-state index in [9.17, 15) is 33.6 Å². The van der Waals surface area contributed by atoms with Crippen LogP contribution >= 0.6 is 0 Å². The first-order chi connectivity index (χ1) is 33.7. The average molecular weight is 990 g/mol. The van der Waals surface area contributed by atoms with E-state index >= 15 is 0 Å². The number of nitrogens with two attached hydrogens (primary N) is 1. The van der Waals surface area contributed by atoms with Crippen molar-refractivity contribution in [3.63, 3.8) is 0 Å². The maximum absolute atomic E-state index is 13.7. The van der Waals surface area contributed by atoms with E-state index < -0.39 is 23.3 Å². The molecule has 0 radical (unpaired) electrons. The van der Waals surface area contributed by atoms with E-state index in [2.05, 4.69) is 27.5 Å². The van der Waals surface area contributed by atoms with Gasteiger partial charge in [0.05, 0.1) is 45.4 Å². The average Bonchev–Trinajstić information content (AvgIpc) is 3.84. The molecule has 0 fully saturated rings. The van der Waals surface area contributed by atoms with Crippen LogP contribution in [0.25, 0.3) is 0 Å². The molecule has 0 bridgehead atoms. The lowest BCUT2D eigenvalue weighted by molar-refractivity contribution is -0.140. The van der Waals surface area contributed by atoms with Gasteiger partial charge in [-0.3, -0.25) is 28.8 Å². The van der Waals surface area contributed by atoms with Crippen LogP contribution in [-0.4, -0.2) is 123 Å². The molecule has 0 aromatic carbocycles. The maximum atomic E-state index is 13.7. The summed E-state index contributed by atoms with van der Waals surface area (Å²) in [5, 5.41) is 5.51. The van der Waals surface area contributed by atoms with Crippen LogP contribution in [-0.2, 0) is 58.9 Å². The molecule has 1 aromatic rings. The summed E-state index contributed by atoms with van der Waals surface area (Å²) in [5.74, 6) is -2.34. The van der Waals surface area contributed by atoms with Crippen molar-refractivity contribution in [2.75, 3.05) is 65.9 Å². The quantitative estimate of drug-likeness (QED) is 0.0452. The van der Waals surface area contributed by atoms with Crippen LogP contribution in [0.15, 0.2) is 12.5 Å². The number of aromatic amines is 1. The summed E-state index contributed by atoms with van der Waals surface area (Å²) >= 11 is 0. The molecule has 3 atom stereocenters. The van der Waals surface area contributed by atoms with Gasteiger partial charge in [0, 0.05) is 87.4 Å². The second-order valence-electron chi connectivity index (χ2n) is 19.7. The second kappa shape index (κ2) is 41.9. The predicted molar refractivity (Wildman–Crippen MR) is 273 cm³/mol. The minimum absolute atomic E-state index is 0.0377. The highest BCUT2D eigenvalue weighted by molar-refractivity contribution is 5.96. The minimum atomic E-state index is -1.06. The molecule has 1 heterocycles. The third-order valence-electron chi connectivity index (χ3n) is 12.7. The van der Waals surface area contributed by atoms with Crippen LogP contribution in [0, 0.1) is 17.3 Å². The number of rotatable bonds is 50. The first-order valence-corrected chi connectivity index (χ1v) is 26.9. The Morgan fingerprint density at radius 2 is 1.16 bits per heavy atom. The van der Waals surface area contributed by atoms with E-state index in [0.29, 0.717) is 70.6 Å². The highest BCUT2D eigenvalue weighted by Crippen LogP contribution is 2.33. The number of carbonyl (C=O) groups is 7. The van der Waals surface area contributed by atoms with Gasteiger partial charge in [-0.05, 0) is 32.6 Å². The van der Waals surface area contributed by atoms with Gasteiger partial charge < -0.3 is 45.1 Å². The van der Waals surface area contributed by atoms with Crippen LogP contribution in [0.4, 0.5) is 0 Å². The number of aromatic nitrogens is 2. The molecule has 16 nitrogen and oxygen atoms in total. The number of unbranched alkanes of at least 4 members (excludes halogenated alkanes) is 15. The van der Waals surface area contributed by atoms with Gasteiger partial charge in [-0.25, -0.2) is 4.98 Å². The Balaban J connectivity index is 2.06. The van der Waals surface area contributed by atoms with Crippen LogP contribution in [0.5, 0.6) is 0 Å². The topological polar surface area (TPSA) is 235 Å². The van der Waals surface area contributed by atoms with Gasteiger partial charge in [0.25, 0.3) is 0 Å². The molecule has 0 aliphatic heterocycles. The van der Waals surface area contributed by atoms with Gasteiger partial charge in [0.15, 0.2) is 5.78 Å². The number of amides is 2. The fraction of sp³-hybridized carbons (Fsp3) is 0.815. The van der Waals surface area contributed by atoms with Crippen molar-refractivity contribution in [2.24, 2.45) is 23.0 Å². The molecule has 2 amide bonds. The van der Waals surface area contributed by atoms with Crippen molar-refractivity contribution >= 4 is 40.7 Å². The molecule has 0 spiro atoms. The van der Waals surface area contributed by atoms with Gasteiger partial charge >= 0.3 is 0 Å². The molecule has 1 aromatic heterocycles. The molecule has 70 heavy (non-hydrogen) atoms. The first kappa shape index (κ1) is 64.3. The molecule has 0 saturated carbocycles. The summed E-state index contributed by atoms with van der Waals surface area (Å²) in [7, 11) is 0. The normalized spacial score (nSPS) is 12.9. The van der Waals surface area contributed by atoms with Crippen molar-refractivity contribution in [1.29, 1.82) is 0 Å². The predicted octanol–water partition coefficient (Wildman–Crippen LogP) is 8.10. The smallest absolute Gasteiger partial charge is 0.246 e. The number of hydrogen-bond donors (Lipinski definition) is 4. The Morgan fingerprint density at radius 1 is 0.629 bits per heavy atom. The summed E-state index contributed by atoms with van der Waals surface area (Å²) in [6.45, 7) is 11.0. The number of ether oxygens (including phenoxy) is 4. The molecule has 16 heteroatoms. The van der Waals surface area contributed by atoms with E-state index in [-0.39, 0.29) is 100 Å². The number of nitrogens with zero attached hydrogens (tertiary/aromatic N) is 1. The number of carbonyl (C=O) groups excluding carboxylic acids is 7. The standard InChI is InChI=1S/C54H95N5O11/c1-6-7-8-9-10-11-12-13-14-15-16-17-18-19-20-24-46(61)25-23-31-67-33-35-69-41-52(65)58-30-32-68-34-36-70-40-51(64)57-29-22-21-26-47(49(62)28-27-43(2)60)44(3)53(66)54(4,5)38-50(63)48(55)37-45-39-56-42-59-45/h39,42,44,47-48H,6-38,40-41,55H2,1-5H3,(H,56,59)(H,57,64)(H,58,65)/t44?,47-,48+/m1/s1. The largest absolute Gasteiger partial charge is 0.379 e. The third kappa shape index (κ3) is 34.6. The van der Waals surface area contributed by atoms with Gasteiger partial charge in [0.2, 0.25) is 11.8 Å². The highest BCUT2D eigenvalue weighted by atomic mass is 16.5. The Hall–Kier alpha value is -3.70. The Bertz CT molecular complexity index is 1570. The van der Waals surface area contributed by atoms with E-state index in [1.54, 1.807) is 27.0 Å².